The summed E-state index contributed by atoms with van der Waals surface area (Å²) in [6, 6.07) is 14.3. The number of anilines is 1. The van der Waals surface area contributed by atoms with Gasteiger partial charge in [0.2, 0.25) is 5.91 Å². The first kappa shape index (κ1) is 18.8. The molecule has 5 nitrogen and oxygen atoms in total. The minimum atomic E-state index is -0.373. The average Bonchev–Trinajstić information content (AvgIpc) is 2.59. The van der Waals surface area contributed by atoms with Crippen molar-refractivity contribution in [3.63, 3.8) is 0 Å². The number of para-hydroxylation sites is 1. The van der Waals surface area contributed by atoms with E-state index < -0.39 is 0 Å². The predicted octanol–water partition coefficient (Wildman–Crippen LogP) is 3.60. The number of hydrogen-bond donors (Lipinski definition) is 2. The highest BCUT2D eigenvalue weighted by Gasteiger charge is 2.10. The normalized spacial score (nSPS) is 10.4. The summed E-state index contributed by atoms with van der Waals surface area (Å²) < 4.78 is 5.32. The summed E-state index contributed by atoms with van der Waals surface area (Å²) >= 11 is 5.78. The standard InChI is InChI=1S/C19H21ClN2O3/c1-13(2)16-5-3-4-6-17(16)22-18(23)11-21-19(24)12-25-15-9-7-14(20)8-10-15/h3-10,13H,11-12H2,1-2H3,(H,21,24)(H,22,23). The number of carbonyl (C=O) groups excluding carboxylic acids is 2. The van der Waals surface area contributed by atoms with Crippen molar-refractivity contribution in [3.05, 3.63) is 59.1 Å². The molecule has 0 saturated carbocycles. The number of amides is 2. The van der Waals surface area contributed by atoms with Gasteiger partial charge in [-0.3, -0.25) is 9.59 Å². The monoisotopic (exact) mass is 360 g/mol. The molecule has 2 amide bonds. The van der Waals surface area contributed by atoms with Crippen LogP contribution in [0.25, 0.3) is 0 Å². The molecule has 0 aliphatic heterocycles. The molecule has 132 valence electrons. The van der Waals surface area contributed by atoms with Gasteiger partial charge < -0.3 is 15.4 Å². The number of halogens is 1. The molecular weight excluding hydrogens is 340 g/mol. The number of hydrogen-bond acceptors (Lipinski definition) is 3. The van der Waals surface area contributed by atoms with E-state index in [-0.39, 0.29) is 25.0 Å². The number of rotatable bonds is 7. The Labute approximate surface area is 152 Å². The van der Waals surface area contributed by atoms with Crippen LogP contribution in [0.15, 0.2) is 48.5 Å². The summed E-state index contributed by atoms with van der Waals surface area (Å²) in [5, 5.41) is 5.94. The van der Waals surface area contributed by atoms with E-state index in [9.17, 15) is 9.59 Å². The van der Waals surface area contributed by atoms with E-state index in [0.29, 0.717) is 16.7 Å². The van der Waals surface area contributed by atoms with Crippen molar-refractivity contribution < 1.29 is 14.3 Å². The smallest absolute Gasteiger partial charge is 0.258 e. The van der Waals surface area contributed by atoms with Gasteiger partial charge in [-0.15, -0.1) is 0 Å². The fraction of sp³-hybridized carbons (Fsp3) is 0.263. The third-order valence-corrected chi connectivity index (χ3v) is 3.74. The van der Waals surface area contributed by atoms with Gasteiger partial charge in [-0.2, -0.15) is 0 Å². The zero-order valence-electron chi connectivity index (χ0n) is 14.2. The number of nitrogens with one attached hydrogen (secondary N) is 2. The van der Waals surface area contributed by atoms with E-state index in [4.69, 9.17) is 16.3 Å². The molecule has 0 unspecified atom stereocenters. The average molecular weight is 361 g/mol. The fourth-order valence-electron chi connectivity index (χ4n) is 2.22. The number of ether oxygens (including phenoxy) is 1. The zero-order valence-corrected chi connectivity index (χ0v) is 15.0. The van der Waals surface area contributed by atoms with Crippen molar-refractivity contribution >= 4 is 29.1 Å². The lowest BCUT2D eigenvalue weighted by Gasteiger charge is -2.14. The summed E-state index contributed by atoms with van der Waals surface area (Å²) in [6.07, 6.45) is 0. The van der Waals surface area contributed by atoms with Crippen molar-refractivity contribution in [2.45, 2.75) is 19.8 Å². The fourth-order valence-corrected chi connectivity index (χ4v) is 2.34. The SMILES string of the molecule is CC(C)c1ccccc1NC(=O)CNC(=O)COc1ccc(Cl)cc1. The summed E-state index contributed by atoms with van der Waals surface area (Å²) in [5.74, 6) is 0.170. The Bertz CT molecular complexity index is 730. The molecule has 25 heavy (non-hydrogen) atoms. The van der Waals surface area contributed by atoms with Crippen LogP contribution in [-0.4, -0.2) is 25.0 Å². The molecule has 6 heteroatoms. The highest BCUT2D eigenvalue weighted by Crippen LogP contribution is 2.23. The van der Waals surface area contributed by atoms with Gasteiger partial charge in [0.05, 0.1) is 6.54 Å². The molecule has 0 saturated heterocycles. The van der Waals surface area contributed by atoms with Crippen molar-refractivity contribution in [1.29, 1.82) is 0 Å². The minimum Gasteiger partial charge on any atom is -0.484 e. The molecule has 0 aliphatic rings. The molecule has 2 aromatic rings. The van der Waals surface area contributed by atoms with E-state index in [1.165, 1.54) is 0 Å². The van der Waals surface area contributed by atoms with Gasteiger partial charge in [0, 0.05) is 10.7 Å². The van der Waals surface area contributed by atoms with Gasteiger partial charge in [0.15, 0.2) is 6.61 Å². The second-order valence-corrected chi connectivity index (χ2v) is 6.25. The quantitative estimate of drug-likeness (QED) is 0.792. The number of carbonyl (C=O) groups is 2. The third kappa shape index (κ3) is 6.12. The first-order valence-electron chi connectivity index (χ1n) is 7.99. The molecule has 0 atom stereocenters. The maximum absolute atomic E-state index is 12.0. The van der Waals surface area contributed by atoms with Crippen LogP contribution in [0.2, 0.25) is 5.02 Å². The first-order chi connectivity index (χ1) is 12.0. The van der Waals surface area contributed by atoms with Gasteiger partial charge in [-0.25, -0.2) is 0 Å². The largest absolute Gasteiger partial charge is 0.484 e. The molecule has 2 aromatic carbocycles. The second kappa shape index (κ2) is 9.08. The minimum absolute atomic E-state index is 0.116. The van der Waals surface area contributed by atoms with Crippen LogP contribution in [0, 0.1) is 0 Å². The molecule has 0 fully saturated rings. The molecule has 0 aromatic heterocycles. The van der Waals surface area contributed by atoms with Crippen LogP contribution in [0.3, 0.4) is 0 Å². The Morgan fingerprint density at radius 2 is 1.72 bits per heavy atom. The van der Waals surface area contributed by atoms with Crippen LogP contribution in [0.4, 0.5) is 5.69 Å². The second-order valence-electron chi connectivity index (χ2n) is 5.81. The van der Waals surface area contributed by atoms with Crippen LogP contribution < -0.4 is 15.4 Å². The Morgan fingerprint density at radius 1 is 1.04 bits per heavy atom. The third-order valence-electron chi connectivity index (χ3n) is 3.49. The summed E-state index contributed by atoms with van der Waals surface area (Å²) in [6.45, 7) is 3.83. The van der Waals surface area contributed by atoms with Gasteiger partial charge in [-0.1, -0.05) is 43.6 Å². The highest BCUT2D eigenvalue weighted by atomic mass is 35.5. The van der Waals surface area contributed by atoms with E-state index in [1.54, 1.807) is 24.3 Å². The molecule has 0 radical (unpaired) electrons. The lowest BCUT2D eigenvalue weighted by atomic mass is 10.0. The van der Waals surface area contributed by atoms with Crippen molar-refractivity contribution in [3.8, 4) is 5.75 Å². The van der Waals surface area contributed by atoms with E-state index in [0.717, 1.165) is 11.3 Å². The Hall–Kier alpha value is -2.53. The number of benzene rings is 2. The van der Waals surface area contributed by atoms with Crippen LogP contribution in [-0.2, 0) is 9.59 Å². The molecule has 0 bridgehead atoms. The Morgan fingerprint density at radius 3 is 2.40 bits per heavy atom. The van der Waals surface area contributed by atoms with Crippen molar-refractivity contribution in [1.82, 2.24) is 5.32 Å². The van der Waals surface area contributed by atoms with E-state index in [1.807, 2.05) is 24.3 Å². The Balaban J connectivity index is 1.78. The van der Waals surface area contributed by atoms with E-state index in [2.05, 4.69) is 24.5 Å². The van der Waals surface area contributed by atoms with Crippen molar-refractivity contribution in [2.75, 3.05) is 18.5 Å². The molecule has 2 N–H and O–H groups in total. The lowest BCUT2D eigenvalue weighted by molar-refractivity contribution is -0.125. The van der Waals surface area contributed by atoms with E-state index >= 15 is 0 Å². The molecule has 0 spiro atoms. The van der Waals surface area contributed by atoms with Gasteiger partial charge in [0.25, 0.3) is 5.91 Å². The van der Waals surface area contributed by atoms with Gasteiger partial charge in [0.1, 0.15) is 5.75 Å². The summed E-state index contributed by atoms with van der Waals surface area (Å²) in [5.41, 5.74) is 1.81. The van der Waals surface area contributed by atoms with Gasteiger partial charge in [-0.05, 0) is 41.8 Å². The predicted molar refractivity (Wildman–Crippen MR) is 99.1 cm³/mol. The van der Waals surface area contributed by atoms with Crippen LogP contribution in [0.5, 0.6) is 5.75 Å². The Kier molecular flexibility index (Phi) is 6.83. The van der Waals surface area contributed by atoms with Gasteiger partial charge >= 0.3 is 0 Å². The van der Waals surface area contributed by atoms with Crippen molar-refractivity contribution in [2.24, 2.45) is 0 Å². The highest BCUT2D eigenvalue weighted by molar-refractivity contribution is 6.30. The van der Waals surface area contributed by atoms with Crippen LogP contribution in [0.1, 0.15) is 25.3 Å². The molecule has 0 heterocycles. The summed E-state index contributed by atoms with van der Waals surface area (Å²) in [4.78, 5) is 23.8. The maximum atomic E-state index is 12.0. The maximum Gasteiger partial charge on any atom is 0.258 e. The molecular formula is C19H21ClN2O3. The molecule has 0 aliphatic carbocycles. The summed E-state index contributed by atoms with van der Waals surface area (Å²) in [7, 11) is 0. The first-order valence-corrected chi connectivity index (χ1v) is 8.37. The zero-order chi connectivity index (χ0) is 18.2. The topological polar surface area (TPSA) is 67.4 Å². The molecule has 2 rings (SSSR count). The lowest BCUT2D eigenvalue weighted by Crippen LogP contribution is -2.35. The van der Waals surface area contributed by atoms with Crippen LogP contribution >= 0.6 is 11.6 Å².